The average Bonchev–Trinajstić information content (AvgIpc) is 2.87. The molecule has 0 radical (unpaired) electrons. The van der Waals surface area contributed by atoms with Gasteiger partial charge in [-0.15, -0.1) is 0 Å². The highest BCUT2D eigenvalue weighted by Gasteiger charge is 2.18. The third-order valence-electron chi connectivity index (χ3n) is 2.60. The van der Waals surface area contributed by atoms with Gasteiger partial charge in [-0.25, -0.2) is 4.79 Å². The van der Waals surface area contributed by atoms with Gasteiger partial charge in [0, 0.05) is 17.7 Å². The summed E-state index contributed by atoms with van der Waals surface area (Å²) in [5.41, 5.74) is 2.14. The lowest BCUT2D eigenvalue weighted by Gasteiger charge is -2.07. The Bertz CT molecular complexity index is 585. The smallest absolute Gasteiger partial charge is 0.325 e. The SMILES string of the molecule is Cc1cc(NC(=O)Nc2c(C)noc2C(C)C)n[nH]1. The number of urea groups is 1. The van der Waals surface area contributed by atoms with E-state index >= 15 is 0 Å². The molecule has 0 atom stereocenters. The number of H-pyrrole nitrogens is 1. The Morgan fingerprint density at radius 2 is 2.11 bits per heavy atom. The minimum absolute atomic E-state index is 0.143. The van der Waals surface area contributed by atoms with Crippen molar-refractivity contribution < 1.29 is 9.32 Å². The number of nitrogens with zero attached hydrogens (tertiary/aromatic N) is 2. The summed E-state index contributed by atoms with van der Waals surface area (Å²) in [5, 5.41) is 15.9. The summed E-state index contributed by atoms with van der Waals surface area (Å²) < 4.78 is 5.20. The second-order valence-electron chi connectivity index (χ2n) is 4.68. The number of carbonyl (C=O) groups excluding carboxylic acids is 1. The molecular weight excluding hydrogens is 246 g/mol. The van der Waals surface area contributed by atoms with Crippen molar-refractivity contribution in [3.05, 3.63) is 23.2 Å². The maximum Gasteiger partial charge on any atom is 0.325 e. The van der Waals surface area contributed by atoms with Crippen LogP contribution in [0.15, 0.2) is 10.6 Å². The van der Waals surface area contributed by atoms with Gasteiger partial charge in [0.1, 0.15) is 11.4 Å². The first-order chi connectivity index (χ1) is 8.97. The number of hydrogen-bond donors (Lipinski definition) is 3. The Labute approximate surface area is 110 Å². The molecule has 0 unspecified atom stereocenters. The van der Waals surface area contributed by atoms with Crippen LogP contribution in [-0.4, -0.2) is 21.4 Å². The fraction of sp³-hybridized carbons (Fsp3) is 0.417. The Hall–Kier alpha value is -2.31. The van der Waals surface area contributed by atoms with E-state index in [-0.39, 0.29) is 11.9 Å². The second kappa shape index (κ2) is 5.13. The number of nitrogens with one attached hydrogen (secondary N) is 3. The van der Waals surface area contributed by atoms with E-state index in [1.807, 2.05) is 20.8 Å². The zero-order chi connectivity index (χ0) is 14.0. The summed E-state index contributed by atoms with van der Waals surface area (Å²) in [6, 6.07) is 1.36. The van der Waals surface area contributed by atoms with Crippen molar-refractivity contribution in [3.8, 4) is 0 Å². The number of rotatable bonds is 3. The predicted molar refractivity (Wildman–Crippen MR) is 71.3 cm³/mol. The zero-order valence-corrected chi connectivity index (χ0v) is 11.4. The Morgan fingerprint density at radius 3 is 2.68 bits per heavy atom. The van der Waals surface area contributed by atoms with E-state index < -0.39 is 0 Å². The molecule has 0 fully saturated rings. The van der Waals surface area contributed by atoms with Gasteiger partial charge < -0.3 is 9.84 Å². The molecule has 2 rings (SSSR count). The number of aryl methyl sites for hydroxylation is 2. The van der Waals surface area contributed by atoms with Gasteiger partial charge >= 0.3 is 6.03 Å². The average molecular weight is 263 g/mol. The van der Waals surface area contributed by atoms with Crippen LogP contribution in [0, 0.1) is 13.8 Å². The van der Waals surface area contributed by atoms with Gasteiger partial charge in [-0.05, 0) is 13.8 Å². The standard InChI is InChI=1S/C12H17N5O2/c1-6(2)11-10(8(4)17-19-11)14-12(18)13-9-5-7(3)15-16-9/h5-6H,1-4H3,(H3,13,14,15,16,18). The number of amides is 2. The monoisotopic (exact) mass is 263 g/mol. The highest BCUT2D eigenvalue weighted by atomic mass is 16.5. The molecule has 2 aromatic rings. The molecule has 7 nitrogen and oxygen atoms in total. The van der Waals surface area contributed by atoms with Crippen molar-refractivity contribution in [1.29, 1.82) is 0 Å². The van der Waals surface area contributed by atoms with Gasteiger partial charge in [-0.2, -0.15) is 5.10 Å². The predicted octanol–water partition coefficient (Wildman–Crippen LogP) is 2.78. The lowest BCUT2D eigenvalue weighted by molar-refractivity contribution is 0.262. The van der Waals surface area contributed by atoms with Gasteiger partial charge in [0.2, 0.25) is 0 Å². The lowest BCUT2D eigenvalue weighted by atomic mass is 10.1. The van der Waals surface area contributed by atoms with Crippen LogP contribution >= 0.6 is 0 Å². The number of aromatic nitrogens is 3. The van der Waals surface area contributed by atoms with Crippen molar-refractivity contribution >= 4 is 17.5 Å². The van der Waals surface area contributed by atoms with Crippen LogP contribution in [0.4, 0.5) is 16.3 Å². The molecule has 102 valence electrons. The second-order valence-corrected chi connectivity index (χ2v) is 4.68. The molecule has 2 heterocycles. The number of aromatic amines is 1. The van der Waals surface area contributed by atoms with Crippen molar-refractivity contribution in [2.75, 3.05) is 10.6 Å². The minimum atomic E-state index is -0.375. The molecule has 0 aliphatic rings. The summed E-state index contributed by atoms with van der Waals surface area (Å²) in [7, 11) is 0. The van der Waals surface area contributed by atoms with Crippen molar-refractivity contribution in [3.63, 3.8) is 0 Å². The molecule has 2 amide bonds. The van der Waals surface area contributed by atoms with Crippen molar-refractivity contribution in [2.45, 2.75) is 33.6 Å². The molecule has 0 saturated heterocycles. The topological polar surface area (TPSA) is 95.8 Å². The van der Waals surface area contributed by atoms with Gasteiger partial charge in [0.15, 0.2) is 11.6 Å². The van der Waals surface area contributed by atoms with E-state index in [9.17, 15) is 4.79 Å². The molecule has 0 saturated carbocycles. The van der Waals surface area contributed by atoms with Crippen LogP contribution in [0.25, 0.3) is 0 Å². The third kappa shape index (κ3) is 2.93. The molecule has 0 aromatic carbocycles. The Kier molecular flexibility index (Phi) is 3.55. The molecule has 19 heavy (non-hydrogen) atoms. The molecule has 7 heteroatoms. The number of carbonyl (C=O) groups is 1. The van der Waals surface area contributed by atoms with Crippen molar-refractivity contribution in [1.82, 2.24) is 15.4 Å². The molecular formula is C12H17N5O2. The summed E-state index contributed by atoms with van der Waals surface area (Å²) in [6.45, 7) is 7.58. The van der Waals surface area contributed by atoms with E-state index in [4.69, 9.17) is 4.52 Å². The third-order valence-corrected chi connectivity index (χ3v) is 2.60. The van der Waals surface area contributed by atoms with Crippen LogP contribution < -0.4 is 10.6 Å². The first-order valence-electron chi connectivity index (χ1n) is 6.03. The van der Waals surface area contributed by atoms with Crippen molar-refractivity contribution in [2.24, 2.45) is 0 Å². The van der Waals surface area contributed by atoms with E-state index in [1.54, 1.807) is 13.0 Å². The summed E-state index contributed by atoms with van der Waals surface area (Å²) in [4.78, 5) is 11.9. The van der Waals surface area contributed by atoms with Gasteiger partial charge in [0.25, 0.3) is 0 Å². The molecule has 0 bridgehead atoms. The first-order valence-corrected chi connectivity index (χ1v) is 6.03. The summed E-state index contributed by atoms with van der Waals surface area (Å²) in [6.07, 6.45) is 0. The van der Waals surface area contributed by atoms with Crippen LogP contribution in [0.5, 0.6) is 0 Å². The van der Waals surface area contributed by atoms with E-state index in [0.717, 1.165) is 5.69 Å². The molecule has 0 aliphatic heterocycles. The summed E-state index contributed by atoms with van der Waals surface area (Å²) >= 11 is 0. The maximum atomic E-state index is 11.9. The fourth-order valence-corrected chi connectivity index (χ4v) is 1.68. The molecule has 3 N–H and O–H groups in total. The Balaban J connectivity index is 2.08. The largest absolute Gasteiger partial charge is 0.359 e. The highest BCUT2D eigenvalue weighted by Crippen LogP contribution is 2.27. The number of hydrogen-bond acceptors (Lipinski definition) is 4. The normalized spacial score (nSPS) is 10.8. The fourth-order valence-electron chi connectivity index (χ4n) is 1.68. The first kappa shape index (κ1) is 13.1. The molecule has 0 aliphatic carbocycles. The maximum absolute atomic E-state index is 11.9. The van der Waals surface area contributed by atoms with E-state index in [2.05, 4.69) is 26.0 Å². The van der Waals surface area contributed by atoms with Crippen LogP contribution in [-0.2, 0) is 0 Å². The highest BCUT2D eigenvalue weighted by molar-refractivity contribution is 5.99. The Morgan fingerprint density at radius 1 is 1.37 bits per heavy atom. The minimum Gasteiger partial charge on any atom is -0.359 e. The summed E-state index contributed by atoms with van der Waals surface area (Å²) in [5.74, 6) is 1.27. The zero-order valence-electron chi connectivity index (χ0n) is 11.4. The number of anilines is 2. The molecule has 2 aromatic heterocycles. The van der Waals surface area contributed by atoms with Gasteiger partial charge in [-0.3, -0.25) is 10.4 Å². The van der Waals surface area contributed by atoms with Crippen LogP contribution in [0.2, 0.25) is 0 Å². The van der Waals surface area contributed by atoms with Gasteiger partial charge in [-0.1, -0.05) is 19.0 Å². The van der Waals surface area contributed by atoms with E-state index in [0.29, 0.717) is 23.0 Å². The van der Waals surface area contributed by atoms with Gasteiger partial charge in [0.05, 0.1) is 0 Å². The lowest BCUT2D eigenvalue weighted by Crippen LogP contribution is -2.20. The van der Waals surface area contributed by atoms with Crippen LogP contribution in [0.3, 0.4) is 0 Å². The quantitative estimate of drug-likeness (QED) is 0.793. The van der Waals surface area contributed by atoms with E-state index in [1.165, 1.54) is 0 Å². The molecule has 0 spiro atoms. The van der Waals surface area contributed by atoms with Crippen LogP contribution in [0.1, 0.15) is 36.9 Å².